The van der Waals surface area contributed by atoms with Crippen molar-refractivity contribution in [3.05, 3.63) is 23.8 Å². The van der Waals surface area contributed by atoms with Gasteiger partial charge in [-0.05, 0) is 30.0 Å². The molecule has 0 heterocycles. The molecule has 0 bridgehead atoms. The predicted octanol–water partition coefficient (Wildman–Crippen LogP) is 3.70. The van der Waals surface area contributed by atoms with Crippen LogP contribution in [0.15, 0.2) is 23.1 Å². The van der Waals surface area contributed by atoms with Gasteiger partial charge < -0.3 is 4.74 Å². The Kier molecular flexibility index (Phi) is 4.67. The first-order valence-corrected chi connectivity index (χ1v) is 8.19. The van der Waals surface area contributed by atoms with E-state index in [-0.39, 0.29) is 10.3 Å². The first-order chi connectivity index (χ1) is 8.16. The van der Waals surface area contributed by atoms with Gasteiger partial charge in [0.1, 0.15) is 5.75 Å². The highest BCUT2D eigenvalue weighted by molar-refractivity contribution is 8.13. The molecule has 0 radical (unpaired) electrons. The maximum absolute atomic E-state index is 11.4. The summed E-state index contributed by atoms with van der Waals surface area (Å²) in [5.74, 6) is 0.716. The van der Waals surface area contributed by atoms with E-state index >= 15 is 0 Å². The van der Waals surface area contributed by atoms with Crippen LogP contribution in [-0.4, -0.2) is 15.0 Å². The number of hydrogen-bond donors (Lipinski definition) is 0. The zero-order valence-corrected chi connectivity index (χ0v) is 12.7. The van der Waals surface area contributed by atoms with Crippen LogP contribution in [-0.2, 0) is 14.5 Å². The van der Waals surface area contributed by atoms with Gasteiger partial charge >= 0.3 is 0 Å². The molecule has 0 saturated carbocycles. The Labute approximate surface area is 114 Å². The summed E-state index contributed by atoms with van der Waals surface area (Å²) in [5, 5.41) is 0. The predicted molar refractivity (Wildman–Crippen MR) is 74.0 cm³/mol. The van der Waals surface area contributed by atoms with Crippen LogP contribution in [0.2, 0.25) is 0 Å². The maximum atomic E-state index is 11.4. The number of halogens is 1. The summed E-state index contributed by atoms with van der Waals surface area (Å²) in [6.45, 7) is 8.65. The zero-order chi connectivity index (χ0) is 14.0. The molecule has 5 heteroatoms. The van der Waals surface area contributed by atoms with Crippen LogP contribution in [0, 0.1) is 0 Å². The van der Waals surface area contributed by atoms with E-state index in [0.29, 0.717) is 12.4 Å². The van der Waals surface area contributed by atoms with Gasteiger partial charge in [0, 0.05) is 16.2 Å². The third-order valence-corrected chi connectivity index (χ3v) is 3.85. The lowest BCUT2D eigenvalue weighted by Gasteiger charge is -2.23. The fraction of sp³-hybridized carbons (Fsp3) is 0.538. The second-order valence-corrected chi connectivity index (χ2v) is 7.76. The van der Waals surface area contributed by atoms with E-state index in [2.05, 4.69) is 0 Å². The number of ether oxygens (including phenoxy) is 1. The molecule has 3 nitrogen and oxygen atoms in total. The first kappa shape index (κ1) is 15.3. The Balaban J connectivity index is 3.30. The highest BCUT2D eigenvalue weighted by Crippen LogP contribution is 2.34. The summed E-state index contributed by atoms with van der Waals surface area (Å²) in [6.07, 6.45) is 0.902. The summed E-state index contributed by atoms with van der Waals surface area (Å²) >= 11 is 0. The number of benzene rings is 1. The molecule has 102 valence electrons. The minimum atomic E-state index is -3.71. The SMILES string of the molecule is CCCOc1ccc(S(=O)(=O)Cl)cc1C(C)(C)C. The van der Waals surface area contributed by atoms with Crippen molar-refractivity contribution in [3.8, 4) is 5.75 Å². The fourth-order valence-corrected chi connectivity index (χ4v) is 2.36. The molecule has 0 spiro atoms. The smallest absolute Gasteiger partial charge is 0.261 e. The molecule has 0 aliphatic heterocycles. The third kappa shape index (κ3) is 3.89. The van der Waals surface area contributed by atoms with Crippen molar-refractivity contribution in [2.75, 3.05) is 6.61 Å². The quantitative estimate of drug-likeness (QED) is 0.794. The molecule has 0 atom stereocenters. The standard InChI is InChI=1S/C13H19ClO3S/c1-5-8-17-12-7-6-10(18(14,15)16)9-11(12)13(2,3)4/h6-7,9H,5,8H2,1-4H3. The van der Waals surface area contributed by atoms with Crippen LogP contribution in [0.1, 0.15) is 39.7 Å². The van der Waals surface area contributed by atoms with E-state index in [0.717, 1.165) is 12.0 Å². The Hall–Kier alpha value is -0.740. The first-order valence-electron chi connectivity index (χ1n) is 5.88. The van der Waals surface area contributed by atoms with Crippen molar-refractivity contribution in [1.29, 1.82) is 0 Å². The van der Waals surface area contributed by atoms with Gasteiger partial charge in [-0.3, -0.25) is 0 Å². The zero-order valence-electron chi connectivity index (χ0n) is 11.2. The molecule has 1 aromatic carbocycles. The van der Waals surface area contributed by atoms with Crippen LogP contribution >= 0.6 is 10.7 Å². The normalized spacial score (nSPS) is 12.5. The van der Waals surface area contributed by atoms with Crippen molar-refractivity contribution < 1.29 is 13.2 Å². The van der Waals surface area contributed by atoms with Crippen molar-refractivity contribution in [1.82, 2.24) is 0 Å². The summed E-state index contributed by atoms with van der Waals surface area (Å²) < 4.78 is 28.4. The van der Waals surface area contributed by atoms with Crippen LogP contribution in [0.5, 0.6) is 5.75 Å². The molecular weight excluding hydrogens is 272 g/mol. The molecule has 0 aromatic heterocycles. The lowest BCUT2D eigenvalue weighted by Crippen LogP contribution is -2.14. The second-order valence-electron chi connectivity index (χ2n) is 5.19. The van der Waals surface area contributed by atoms with E-state index in [1.165, 1.54) is 6.07 Å². The Morgan fingerprint density at radius 3 is 2.33 bits per heavy atom. The van der Waals surface area contributed by atoms with Gasteiger partial charge in [0.15, 0.2) is 0 Å². The van der Waals surface area contributed by atoms with Crippen LogP contribution in [0.25, 0.3) is 0 Å². The van der Waals surface area contributed by atoms with Gasteiger partial charge in [0.25, 0.3) is 9.05 Å². The van der Waals surface area contributed by atoms with Gasteiger partial charge in [0.2, 0.25) is 0 Å². The fourth-order valence-electron chi connectivity index (χ4n) is 1.58. The minimum Gasteiger partial charge on any atom is -0.493 e. The van der Waals surface area contributed by atoms with E-state index in [1.54, 1.807) is 12.1 Å². The average molecular weight is 291 g/mol. The van der Waals surface area contributed by atoms with Gasteiger partial charge in [-0.1, -0.05) is 27.7 Å². The minimum absolute atomic E-state index is 0.109. The Morgan fingerprint density at radius 2 is 1.89 bits per heavy atom. The molecule has 0 saturated heterocycles. The highest BCUT2D eigenvalue weighted by atomic mass is 35.7. The number of rotatable bonds is 4. The van der Waals surface area contributed by atoms with Gasteiger partial charge in [-0.25, -0.2) is 8.42 Å². The lowest BCUT2D eigenvalue weighted by atomic mass is 9.86. The Morgan fingerprint density at radius 1 is 1.28 bits per heavy atom. The van der Waals surface area contributed by atoms with Crippen molar-refractivity contribution in [3.63, 3.8) is 0 Å². The topological polar surface area (TPSA) is 43.4 Å². The lowest BCUT2D eigenvalue weighted by molar-refractivity contribution is 0.308. The summed E-state index contributed by atoms with van der Waals surface area (Å²) in [5.41, 5.74) is 0.637. The summed E-state index contributed by atoms with van der Waals surface area (Å²) in [7, 11) is 1.66. The third-order valence-electron chi connectivity index (χ3n) is 2.50. The second kappa shape index (κ2) is 5.49. The molecule has 0 amide bonds. The molecule has 0 aliphatic rings. The summed E-state index contributed by atoms with van der Waals surface area (Å²) in [4.78, 5) is 0.109. The van der Waals surface area contributed by atoms with Crippen molar-refractivity contribution in [2.45, 2.75) is 44.4 Å². The maximum Gasteiger partial charge on any atom is 0.261 e. The molecule has 1 rings (SSSR count). The molecule has 0 unspecified atom stereocenters. The monoisotopic (exact) mass is 290 g/mol. The largest absolute Gasteiger partial charge is 0.493 e. The molecular formula is C13H19ClO3S. The van der Waals surface area contributed by atoms with E-state index < -0.39 is 9.05 Å². The van der Waals surface area contributed by atoms with E-state index in [4.69, 9.17) is 15.4 Å². The van der Waals surface area contributed by atoms with Crippen LogP contribution < -0.4 is 4.74 Å². The Bertz CT molecular complexity index is 516. The molecule has 0 fully saturated rings. The van der Waals surface area contributed by atoms with E-state index in [9.17, 15) is 8.42 Å². The number of hydrogen-bond acceptors (Lipinski definition) is 3. The molecule has 0 N–H and O–H groups in total. The molecule has 18 heavy (non-hydrogen) atoms. The summed E-state index contributed by atoms with van der Waals surface area (Å²) in [6, 6.07) is 4.74. The van der Waals surface area contributed by atoms with Crippen LogP contribution in [0.4, 0.5) is 0 Å². The van der Waals surface area contributed by atoms with Crippen molar-refractivity contribution >= 4 is 19.7 Å². The van der Waals surface area contributed by atoms with Gasteiger partial charge in [-0.2, -0.15) is 0 Å². The molecule has 1 aromatic rings. The van der Waals surface area contributed by atoms with Crippen LogP contribution in [0.3, 0.4) is 0 Å². The van der Waals surface area contributed by atoms with E-state index in [1.807, 2.05) is 27.7 Å². The van der Waals surface area contributed by atoms with Gasteiger partial charge in [0.05, 0.1) is 11.5 Å². The highest BCUT2D eigenvalue weighted by Gasteiger charge is 2.22. The average Bonchev–Trinajstić information content (AvgIpc) is 2.23. The van der Waals surface area contributed by atoms with Gasteiger partial charge in [-0.15, -0.1) is 0 Å². The van der Waals surface area contributed by atoms with Crippen molar-refractivity contribution in [2.24, 2.45) is 0 Å². The molecule has 0 aliphatic carbocycles.